The number of likely N-dealkylation sites (tertiary alicyclic amines) is 1. The van der Waals surface area contributed by atoms with E-state index in [2.05, 4.69) is 11.8 Å². The number of nitrogens with zero attached hydrogens (tertiary/aromatic N) is 1. The van der Waals surface area contributed by atoms with Crippen LogP contribution in [0.15, 0.2) is 24.3 Å². The van der Waals surface area contributed by atoms with Crippen LogP contribution >= 0.6 is 0 Å². The fraction of sp³-hybridized carbons (Fsp3) is 0.667. The summed E-state index contributed by atoms with van der Waals surface area (Å²) in [5.41, 5.74) is 0.717. The van der Waals surface area contributed by atoms with Crippen molar-refractivity contribution < 1.29 is 17.4 Å². The van der Waals surface area contributed by atoms with Gasteiger partial charge in [-0.05, 0) is 61.4 Å². The molecular formula is C18H24F3NOS. The molecule has 0 bridgehead atoms. The molecule has 0 saturated carbocycles. The van der Waals surface area contributed by atoms with Crippen molar-refractivity contribution in [3.63, 3.8) is 0 Å². The maximum absolute atomic E-state index is 12.6. The lowest BCUT2D eigenvalue weighted by Crippen LogP contribution is -2.52. The van der Waals surface area contributed by atoms with E-state index >= 15 is 0 Å². The summed E-state index contributed by atoms with van der Waals surface area (Å²) in [5.74, 6) is 2.16. The minimum atomic E-state index is -4.26. The first-order valence-electron chi connectivity index (χ1n) is 8.49. The molecule has 134 valence electrons. The van der Waals surface area contributed by atoms with Gasteiger partial charge < -0.3 is 4.90 Å². The molecule has 1 unspecified atom stereocenters. The summed E-state index contributed by atoms with van der Waals surface area (Å²) >= 11 is 0. The molecule has 0 aliphatic carbocycles. The van der Waals surface area contributed by atoms with Gasteiger partial charge in [0.15, 0.2) is 0 Å². The first-order chi connectivity index (χ1) is 11.3. The Morgan fingerprint density at radius 3 is 2.25 bits per heavy atom. The summed E-state index contributed by atoms with van der Waals surface area (Å²) < 4.78 is 49.1. The SMILES string of the molecule is CC(Cc1ccc(C(F)(F)F)cc1)CN1CCC2(CC1)CS(=O)C2. The monoisotopic (exact) mass is 359 g/mol. The number of piperidine rings is 1. The smallest absolute Gasteiger partial charge is 0.303 e. The van der Waals surface area contributed by atoms with Crippen LogP contribution in [0.2, 0.25) is 0 Å². The van der Waals surface area contributed by atoms with Crippen LogP contribution < -0.4 is 0 Å². The Balaban J connectivity index is 1.46. The molecule has 2 heterocycles. The molecule has 24 heavy (non-hydrogen) atoms. The van der Waals surface area contributed by atoms with E-state index in [-0.39, 0.29) is 0 Å². The molecule has 0 N–H and O–H groups in total. The van der Waals surface area contributed by atoms with Crippen LogP contribution in [0.5, 0.6) is 0 Å². The second-order valence-corrected chi connectivity index (χ2v) is 8.99. The average molecular weight is 359 g/mol. The van der Waals surface area contributed by atoms with Crippen molar-refractivity contribution in [3.05, 3.63) is 35.4 Å². The molecular weight excluding hydrogens is 335 g/mol. The molecule has 6 heteroatoms. The van der Waals surface area contributed by atoms with Gasteiger partial charge in [0.1, 0.15) is 0 Å². The highest BCUT2D eigenvalue weighted by molar-refractivity contribution is 7.86. The Kier molecular flexibility index (Phi) is 5.07. The Labute approximate surface area is 143 Å². The van der Waals surface area contributed by atoms with Crippen LogP contribution in [0, 0.1) is 11.3 Å². The fourth-order valence-electron chi connectivity index (χ4n) is 3.88. The van der Waals surface area contributed by atoms with Gasteiger partial charge in [-0.25, -0.2) is 0 Å². The highest BCUT2D eigenvalue weighted by atomic mass is 32.2. The summed E-state index contributed by atoms with van der Waals surface area (Å²) in [6, 6.07) is 5.52. The number of benzene rings is 1. The maximum atomic E-state index is 12.6. The maximum Gasteiger partial charge on any atom is 0.416 e. The van der Waals surface area contributed by atoms with Crippen molar-refractivity contribution in [1.29, 1.82) is 0 Å². The van der Waals surface area contributed by atoms with E-state index in [1.165, 1.54) is 12.1 Å². The molecule has 2 nitrogen and oxygen atoms in total. The van der Waals surface area contributed by atoms with Crippen LogP contribution in [-0.4, -0.2) is 40.2 Å². The Hall–Kier alpha value is -0.880. The number of hydrogen-bond donors (Lipinski definition) is 0. The summed E-state index contributed by atoms with van der Waals surface area (Å²) in [5, 5.41) is 0. The number of hydrogen-bond acceptors (Lipinski definition) is 2. The largest absolute Gasteiger partial charge is 0.416 e. The highest BCUT2D eigenvalue weighted by Gasteiger charge is 2.44. The molecule has 2 fully saturated rings. The van der Waals surface area contributed by atoms with E-state index in [1.54, 1.807) is 12.1 Å². The van der Waals surface area contributed by atoms with E-state index in [0.29, 0.717) is 11.3 Å². The van der Waals surface area contributed by atoms with Crippen LogP contribution in [-0.2, 0) is 23.4 Å². The minimum absolute atomic E-state index is 0.345. The Morgan fingerprint density at radius 1 is 1.17 bits per heavy atom. The van der Waals surface area contributed by atoms with Gasteiger partial charge >= 0.3 is 6.18 Å². The predicted octanol–water partition coefficient (Wildman–Crippen LogP) is 3.73. The molecule has 3 rings (SSSR count). The quantitative estimate of drug-likeness (QED) is 0.816. The van der Waals surface area contributed by atoms with Crippen molar-refractivity contribution >= 4 is 10.8 Å². The predicted molar refractivity (Wildman–Crippen MR) is 90.3 cm³/mol. The summed E-state index contributed by atoms with van der Waals surface area (Å²) in [7, 11) is -0.584. The molecule has 1 atom stereocenters. The normalized spacial score (nSPS) is 23.2. The molecule has 2 saturated heterocycles. The van der Waals surface area contributed by atoms with Gasteiger partial charge in [0.2, 0.25) is 0 Å². The lowest BCUT2D eigenvalue weighted by Gasteiger charge is -2.47. The fourth-order valence-corrected chi connectivity index (χ4v) is 5.74. The highest BCUT2D eigenvalue weighted by Crippen LogP contribution is 2.40. The molecule has 0 radical (unpaired) electrons. The lowest BCUT2D eigenvalue weighted by atomic mass is 9.81. The van der Waals surface area contributed by atoms with E-state index < -0.39 is 22.5 Å². The third-order valence-electron chi connectivity index (χ3n) is 5.29. The number of alkyl halides is 3. The summed E-state index contributed by atoms with van der Waals surface area (Å²) in [6.07, 6.45) is -1.21. The molecule has 1 aromatic carbocycles. The third-order valence-corrected chi connectivity index (χ3v) is 7.16. The molecule has 0 amide bonds. The minimum Gasteiger partial charge on any atom is -0.303 e. The van der Waals surface area contributed by atoms with Crippen LogP contribution in [0.3, 0.4) is 0 Å². The third kappa shape index (κ3) is 4.20. The molecule has 1 spiro atoms. The molecule has 2 aliphatic heterocycles. The zero-order valence-electron chi connectivity index (χ0n) is 13.9. The summed E-state index contributed by atoms with van der Waals surface area (Å²) in [4.78, 5) is 2.45. The average Bonchev–Trinajstić information content (AvgIpc) is 2.48. The molecule has 1 aromatic rings. The van der Waals surface area contributed by atoms with Gasteiger partial charge in [-0.3, -0.25) is 4.21 Å². The molecule has 0 aromatic heterocycles. The van der Waals surface area contributed by atoms with E-state index in [4.69, 9.17) is 0 Å². The molecule has 2 aliphatic rings. The summed E-state index contributed by atoms with van der Waals surface area (Å²) in [6.45, 7) is 5.23. The second-order valence-electron chi connectivity index (χ2n) is 7.53. The van der Waals surface area contributed by atoms with Gasteiger partial charge in [0, 0.05) is 28.9 Å². The zero-order chi connectivity index (χ0) is 17.4. The van der Waals surface area contributed by atoms with E-state index in [0.717, 1.165) is 56.0 Å². The van der Waals surface area contributed by atoms with E-state index in [1.807, 2.05) is 0 Å². The van der Waals surface area contributed by atoms with Gasteiger partial charge in [-0.15, -0.1) is 0 Å². The second kappa shape index (κ2) is 6.79. The van der Waals surface area contributed by atoms with Crippen molar-refractivity contribution in [2.75, 3.05) is 31.1 Å². The van der Waals surface area contributed by atoms with E-state index in [9.17, 15) is 17.4 Å². The van der Waals surface area contributed by atoms with Gasteiger partial charge in [0.25, 0.3) is 0 Å². The first kappa shape index (κ1) is 17.9. The number of rotatable bonds is 4. The van der Waals surface area contributed by atoms with Gasteiger partial charge in [-0.2, -0.15) is 13.2 Å². The first-order valence-corrected chi connectivity index (χ1v) is 9.98. The number of halogens is 3. The zero-order valence-corrected chi connectivity index (χ0v) is 14.8. The van der Waals surface area contributed by atoms with Gasteiger partial charge in [-0.1, -0.05) is 19.1 Å². The van der Waals surface area contributed by atoms with Crippen molar-refractivity contribution in [2.24, 2.45) is 11.3 Å². The topological polar surface area (TPSA) is 20.3 Å². The van der Waals surface area contributed by atoms with Crippen molar-refractivity contribution in [2.45, 2.75) is 32.4 Å². The lowest BCUT2D eigenvalue weighted by molar-refractivity contribution is -0.137. The van der Waals surface area contributed by atoms with Gasteiger partial charge in [0.05, 0.1) is 5.56 Å². The van der Waals surface area contributed by atoms with Crippen molar-refractivity contribution in [1.82, 2.24) is 4.90 Å². The van der Waals surface area contributed by atoms with Crippen LogP contribution in [0.1, 0.15) is 30.9 Å². The Morgan fingerprint density at radius 2 is 1.75 bits per heavy atom. The van der Waals surface area contributed by atoms with Crippen molar-refractivity contribution in [3.8, 4) is 0 Å². The van der Waals surface area contributed by atoms with Crippen LogP contribution in [0.25, 0.3) is 0 Å². The van der Waals surface area contributed by atoms with Crippen LogP contribution in [0.4, 0.5) is 13.2 Å². The standard InChI is InChI=1S/C18H24F3NOS/c1-14(10-15-2-4-16(5-3-15)18(19,20)21)11-22-8-6-17(7-9-22)12-24(23)13-17/h2-5,14H,6-13H2,1H3. The Bertz CT molecular complexity index is 581.